The summed E-state index contributed by atoms with van der Waals surface area (Å²) in [6.07, 6.45) is 6.86. The van der Waals surface area contributed by atoms with Crippen molar-refractivity contribution in [1.82, 2.24) is 14.9 Å². The van der Waals surface area contributed by atoms with Gasteiger partial charge in [0.05, 0.1) is 7.11 Å². The molecule has 0 saturated carbocycles. The molecule has 1 aliphatic rings. The number of carboxylic acid groups (broad SMARTS) is 1. The number of nitrogens with zero attached hydrogens (tertiary/aromatic N) is 3. The van der Waals surface area contributed by atoms with Crippen LogP contribution in [0.4, 0.5) is 11.6 Å². The number of methoxy groups -OCH3 is 1. The molecular formula is C26H30N4O3. The second kappa shape index (κ2) is 10.9. The Morgan fingerprint density at radius 1 is 1.03 bits per heavy atom. The fourth-order valence-electron chi connectivity index (χ4n) is 4.16. The van der Waals surface area contributed by atoms with Crippen LogP contribution in [0.1, 0.15) is 24.8 Å². The number of piperidine rings is 1. The first kappa shape index (κ1) is 22.7. The lowest BCUT2D eigenvalue weighted by Gasteiger charge is -2.31. The highest BCUT2D eigenvalue weighted by atomic mass is 16.5. The third kappa shape index (κ3) is 6.52. The van der Waals surface area contributed by atoms with E-state index in [2.05, 4.69) is 44.5 Å². The molecular weight excluding hydrogens is 416 g/mol. The predicted octanol–water partition coefficient (Wildman–Crippen LogP) is 4.63. The lowest BCUT2D eigenvalue weighted by atomic mass is 9.93. The minimum Gasteiger partial charge on any atom is -0.497 e. The predicted molar refractivity (Wildman–Crippen MR) is 129 cm³/mol. The number of rotatable bonds is 9. The zero-order valence-corrected chi connectivity index (χ0v) is 18.9. The molecule has 1 saturated heterocycles. The number of carbonyl (C=O) groups is 1. The van der Waals surface area contributed by atoms with Gasteiger partial charge in [0.15, 0.2) is 0 Å². The quantitative estimate of drug-likeness (QED) is 0.496. The molecule has 0 unspecified atom stereocenters. The molecule has 0 bridgehead atoms. The van der Waals surface area contributed by atoms with Gasteiger partial charge in [-0.3, -0.25) is 4.79 Å². The highest BCUT2D eigenvalue weighted by Gasteiger charge is 2.20. The van der Waals surface area contributed by atoms with Crippen LogP contribution in [0.15, 0.2) is 60.9 Å². The summed E-state index contributed by atoms with van der Waals surface area (Å²) in [6, 6.07) is 16.2. The number of nitrogens with one attached hydrogen (secondary N) is 1. The van der Waals surface area contributed by atoms with Crippen molar-refractivity contribution in [3.8, 4) is 16.9 Å². The summed E-state index contributed by atoms with van der Waals surface area (Å²) in [7, 11) is 1.65. The Hall–Kier alpha value is -3.45. The number of aromatic nitrogens is 2. The summed E-state index contributed by atoms with van der Waals surface area (Å²) in [5.41, 5.74) is 4.22. The number of hydrogen-bond donors (Lipinski definition) is 2. The average Bonchev–Trinajstić information content (AvgIpc) is 2.85. The number of carboxylic acids is 1. The van der Waals surface area contributed by atoms with E-state index < -0.39 is 5.97 Å². The topological polar surface area (TPSA) is 87.6 Å². The van der Waals surface area contributed by atoms with Gasteiger partial charge in [-0.05, 0) is 73.7 Å². The number of anilines is 2. The molecule has 0 aliphatic carbocycles. The van der Waals surface area contributed by atoms with Crippen LogP contribution >= 0.6 is 0 Å². The molecule has 0 atom stereocenters. The summed E-state index contributed by atoms with van der Waals surface area (Å²) < 4.78 is 5.20. The maximum absolute atomic E-state index is 10.9. The summed E-state index contributed by atoms with van der Waals surface area (Å²) in [6.45, 7) is 2.98. The van der Waals surface area contributed by atoms with Crippen molar-refractivity contribution in [2.75, 3.05) is 32.1 Å². The minimum atomic E-state index is -0.680. The molecule has 0 spiro atoms. The number of ether oxygens (including phenoxy) is 1. The number of aliphatic carboxylic acids is 1. The van der Waals surface area contributed by atoms with E-state index in [1.165, 1.54) is 5.56 Å². The fourth-order valence-corrected chi connectivity index (χ4v) is 4.16. The molecule has 0 amide bonds. The van der Waals surface area contributed by atoms with Crippen molar-refractivity contribution in [1.29, 1.82) is 0 Å². The average molecular weight is 447 g/mol. The third-order valence-corrected chi connectivity index (χ3v) is 6.17. The molecule has 33 heavy (non-hydrogen) atoms. The van der Waals surface area contributed by atoms with Crippen molar-refractivity contribution in [3.63, 3.8) is 0 Å². The van der Waals surface area contributed by atoms with E-state index in [0.29, 0.717) is 18.3 Å². The van der Waals surface area contributed by atoms with Crippen LogP contribution < -0.4 is 10.1 Å². The number of hydrogen-bond acceptors (Lipinski definition) is 6. The van der Waals surface area contributed by atoms with Crippen molar-refractivity contribution in [2.24, 2.45) is 5.92 Å². The first-order chi connectivity index (χ1) is 16.1. The Morgan fingerprint density at radius 3 is 2.30 bits per heavy atom. The molecule has 1 fully saturated rings. The molecule has 3 aromatic rings. The van der Waals surface area contributed by atoms with Crippen LogP contribution in [0.25, 0.3) is 11.1 Å². The molecule has 172 valence electrons. The molecule has 2 N–H and O–H groups in total. The molecule has 1 aliphatic heterocycles. The van der Waals surface area contributed by atoms with E-state index in [4.69, 9.17) is 9.84 Å². The van der Waals surface area contributed by atoms with E-state index in [-0.39, 0.29) is 0 Å². The number of likely N-dealkylation sites (tertiary alicyclic amines) is 1. The maximum Gasteiger partial charge on any atom is 0.303 e. The van der Waals surface area contributed by atoms with Crippen LogP contribution in [0.5, 0.6) is 5.75 Å². The van der Waals surface area contributed by atoms with Gasteiger partial charge in [0.1, 0.15) is 5.75 Å². The smallest absolute Gasteiger partial charge is 0.303 e. The molecule has 7 nitrogen and oxygen atoms in total. The lowest BCUT2D eigenvalue weighted by molar-refractivity contribution is -0.138. The summed E-state index contributed by atoms with van der Waals surface area (Å²) in [4.78, 5) is 22.2. The van der Waals surface area contributed by atoms with Crippen LogP contribution in [0, 0.1) is 5.92 Å². The van der Waals surface area contributed by atoms with Crippen LogP contribution in [-0.2, 0) is 11.2 Å². The van der Waals surface area contributed by atoms with Gasteiger partial charge in [0.25, 0.3) is 0 Å². The number of benzene rings is 2. The fraction of sp³-hybridized carbons (Fsp3) is 0.346. The van der Waals surface area contributed by atoms with E-state index in [0.717, 1.165) is 61.5 Å². The van der Waals surface area contributed by atoms with Gasteiger partial charge in [-0.1, -0.05) is 24.3 Å². The second-order valence-electron chi connectivity index (χ2n) is 8.48. The largest absolute Gasteiger partial charge is 0.497 e. The van der Waals surface area contributed by atoms with Gasteiger partial charge >= 0.3 is 5.97 Å². The van der Waals surface area contributed by atoms with Crippen LogP contribution in [0.2, 0.25) is 0 Å². The first-order valence-electron chi connectivity index (χ1n) is 11.4. The monoisotopic (exact) mass is 446 g/mol. The highest BCUT2D eigenvalue weighted by molar-refractivity contribution is 5.67. The maximum atomic E-state index is 10.9. The van der Waals surface area contributed by atoms with E-state index in [1.807, 2.05) is 36.7 Å². The van der Waals surface area contributed by atoms with Gasteiger partial charge in [-0.15, -0.1) is 0 Å². The zero-order chi connectivity index (χ0) is 23.0. The highest BCUT2D eigenvalue weighted by Crippen LogP contribution is 2.23. The molecule has 1 aromatic heterocycles. The van der Waals surface area contributed by atoms with Gasteiger partial charge < -0.3 is 20.1 Å². The second-order valence-corrected chi connectivity index (χ2v) is 8.48. The van der Waals surface area contributed by atoms with Crippen LogP contribution in [0.3, 0.4) is 0 Å². The van der Waals surface area contributed by atoms with E-state index in [9.17, 15) is 4.79 Å². The van der Waals surface area contributed by atoms with Crippen LogP contribution in [-0.4, -0.2) is 52.7 Å². The van der Waals surface area contributed by atoms with Gasteiger partial charge in [-0.2, -0.15) is 0 Å². The Bertz CT molecular complexity index is 1030. The Morgan fingerprint density at radius 2 is 1.70 bits per heavy atom. The van der Waals surface area contributed by atoms with Crippen molar-refractivity contribution >= 4 is 17.6 Å². The molecule has 0 radical (unpaired) electrons. The first-order valence-corrected chi connectivity index (χ1v) is 11.4. The van der Waals surface area contributed by atoms with Gasteiger partial charge in [-0.25, -0.2) is 9.97 Å². The summed E-state index contributed by atoms with van der Waals surface area (Å²) >= 11 is 0. The summed E-state index contributed by atoms with van der Waals surface area (Å²) in [5, 5.41) is 12.2. The minimum absolute atomic E-state index is 0.302. The third-order valence-electron chi connectivity index (χ3n) is 6.17. The van der Waals surface area contributed by atoms with E-state index in [1.54, 1.807) is 7.11 Å². The molecule has 4 rings (SSSR count). The Labute approximate surface area is 194 Å². The standard InChI is InChI=1S/C26H30N4O3/c1-33-24-8-4-21(5-9-24)22-17-27-26(28-18-22)29-23-6-2-19(3-7-23)10-13-30-14-11-20(12-15-30)16-25(31)32/h2-9,17-18,20H,10-16H2,1H3,(H,31,32)(H,27,28,29). The zero-order valence-electron chi connectivity index (χ0n) is 18.9. The Kier molecular flexibility index (Phi) is 7.52. The van der Waals surface area contributed by atoms with Crippen molar-refractivity contribution in [2.45, 2.75) is 25.7 Å². The lowest BCUT2D eigenvalue weighted by Crippen LogP contribution is -2.35. The Balaban J connectivity index is 1.25. The normalized spacial score (nSPS) is 14.7. The summed E-state index contributed by atoms with van der Waals surface area (Å²) in [5.74, 6) is 1.03. The van der Waals surface area contributed by atoms with Gasteiger partial charge in [0.2, 0.25) is 5.95 Å². The SMILES string of the molecule is COc1ccc(-c2cnc(Nc3ccc(CCN4CCC(CC(=O)O)CC4)cc3)nc2)cc1. The van der Waals surface area contributed by atoms with Crippen molar-refractivity contribution in [3.05, 3.63) is 66.5 Å². The molecule has 7 heteroatoms. The van der Waals surface area contributed by atoms with Crippen molar-refractivity contribution < 1.29 is 14.6 Å². The molecule has 2 aromatic carbocycles. The molecule has 2 heterocycles. The van der Waals surface area contributed by atoms with E-state index >= 15 is 0 Å². The van der Waals surface area contributed by atoms with Gasteiger partial charge in [0, 0.05) is 36.6 Å².